The normalized spacial score (nSPS) is 15.0. The Balaban J connectivity index is 1.86. The van der Waals surface area contributed by atoms with Crippen LogP contribution in [0, 0.1) is 13.8 Å². The zero-order valence-electron chi connectivity index (χ0n) is 18.9. The van der Waals surface area contributed by atoms with Gasteiger partial charge in [0, 0.05) is 27.2 Å². The molecule has 0 unspecified atom stereocenters. The Bertz CT molecular complexity index is 1390. The predicted octanol–water partition coefficient (Wildman–Crippen LogP) is 7.04. The molecule has 0 atom stereocenters. The number of carbonyl (C=O) groups excluding carboxylic acids is 2. The standard InChI is InChI=1S/C26H21BrCl2N2O3/c1-14-12-17(15(2)30(14)22-7-5-6-21(28)24(22)29)13-20-23(26(33)34-4)16(3)31(25(20)32)19-10-8-18(27)9-11-19/h5-13H,1-4H3/b20-13-. The molecule has 2 aromatic carbocycles. The van der Waals surface area contributed by atoms with Crippen LogP contribution in [0.25, 0.3) is 11.8 Å². The van der Waals surface area contributed by atoms with Crippen molar-refractivity contribution in [3.63, 3.8) is 0 Å². The summed E-state index contributed by atoms with van der Waals surface area (Å²) in [6, 6.07) is 14.7. The smallest absolute Gasteiger partial charge is 0.340 e. The van der Waals surface area contributed by atoms with E-state index in [-0.39, 0.29) is 17.1 Å². The first kappa shape index (κ1) is 24.3. The molecular formula is C26H21BrCl2N2O3. The quantitative estimate of drug-likeness (QED) is 0.254. The molecule has 4 rings (SSSR count). The van der Waals surface area contributed by atoms with Gasteiger partial charge >= 0.3 is 5.97 Å². The highest BCUT2D eigenvalue weighted by Crippen LogP contribution is 2.37. The van der Waals surface area contributed by atoms with Crippen LogP contribution in [-0.4, -0.2) is 23.6 Å². The fourth-order valence-corrected chi connectivity index (χ4v) is 4.85. The number of benzene rings is 2. The number of aryl methyl sites for hydroxylation is 1. The number of methoxy groups -OCH3 is 1. The van der Waals surface area contributed by atoms with Gasteiger partial charge in [-0.15, -0.1) is 0 Å². The van der Waals surface area contributed by atoms with Crippen LogP contribution in [0.2, 0.25) is 10.0 Å². The van der Waals surface area contributed by atoms with Gasteiger partial charge < -0.3 is 9.30 Å². The van der Waals surface area contributed by atoms with E-state index < -0.39 is 5.97 Å². The molecular weight excluding hydrogens is 539 g/mol. The van der Waals surface area contributed by atoms with Crippen molar-refractivity contribution < 1.29 is 14.3 Å². The summed E-state index contributed by atoms with van der Waals surface area (Å²) in [6.07, 6.45) is 1.73. The molecule has 0 saturated heterocycles. The molecule has 5 nitrogen and oxygen atoms in total. The van der Waals surface area contributed by atoms with Crippen molar-refractivity contribution in [2.75, 3.05) is 12.0 Å². The molecule has 8 heteroatoms. The summed E-state index contributed by atoms with van der Waals surface area (Å²) in [7, 11) is 1.31. The number of esters is 1. The number of allylic oxidation sites excluding steroid dienone is 1. The van der Waals surface area contributed by atoms with Gasteiger partial charge in [0.15, 0.2) is 0 Å². The number of nitrogens with zero attached hydrogens (tertiary/aromatic N) is 2. The molecule has 3 aromatic rings. The minimum Gasteiger partial charge on any atom is -0.465 e. The number of hydrogen-bond donors (Lipinski definition) is 0. The number of ether oxygens (including phenoxy) is 1. The first-order valence-electron chi connectivity index (χ1n) is 10.4. The largest absolute Gasteiger partial charge is 0.465 e. The first-order valence-corrected chi connectivity index (χ1v) is 11.9. The van der Waals surface area contributed by atoms with E-state index in [1.165, 1.54) is 12.0 Å². The molecule has 0 radical (unpaired) electrons. The molecule has 0 spiro atoms. The van der Waals surface area contributed by atoms with Crippen molar-refractivity contribution in [3.05, 3.63) is 96.8 Å². The lowest BCUT2D eigenvalue weighted by Gasteiger charge is -2.18. The van der Waals surface area contributed by atoms with Gasteiger partial charge in [0.2, 0.25) is 0 Å². The molecule has 174 valence electrons. The summed E-state index contributed by atoms with van der Waals surface area (Å²) >= 11 is 16.1. The van der Waals surface area contributed by atoms with Crippen LogP contribution in [0.4, 0.5) is 5.69 Å². The second-order valence-corrected chi connectivity index (χ2v) is 9.56. The number of carbonyl (C=O) groups is 2. The van der Waals surface area contributed by atoms with Crippen LogP contribution < -0.4 is 4.90 Å². The lowest BCUT2D eigenvalue weighted by atomic mass is 10.0. The van der Waals surface area contributed by atoms with Gasteiger partial charge in [-0.2, -0.15) is 0 Å². The monoisotopic (exact) mass is 558 g/mol. The van der Waals surface area contributed by atoms with Crippen molar-refractivity contribution in [3.8, 4) is 5.69 Å². The average Bonchev–Trinajstić information content (AvgIpc) is 3.22. The second kappa shape index (κ2) is 9.45. The third-order valence-corrected chi connectivity index (χ3v) is 7.15. The van der Waals surface area contributed by atoms with Gasteiger partial charge in [-0.25, -0.2) is 4.79 Å². The van der Waals surface area contributed by atoms with E-state index >= 15 is 0 Å². The summed E-state index contributed by atoms with van der Waals surface area (Å²) in [4.78, 5) is 27.8. The van der Waals surface area contributed by atoms with Crippen molar-refractivity contribution >= 4 is 62.8 Å². The number of aromatic nitrogens is 1. The van der Waals surface area contributed by atoms with Crippen molar-refractivity contribution in [2.45, 2.75) is 20.8 Å². The Labute approximate surface area is 216 Å². The maximum atomic E-state index is 13.6. The van der Waals surface area contributed by atoms with Gasteiger partial charge in [0.05, 0.1) is 34.0 Å². The number of anilines is 1. The zero-order chi connectivity index (χ0) is 24.7. The van der Waals surface area contributed by atoms with Gasteiger partial charge in [0.1, 0.15) is 0 Å². The van der Waals surface area contributed by atoms with Crippen LogP contribution in [0.3, 0.4) is 0 Å². The van der Waals surface area contributed by atoms with E-state index in [2.05, 4.69) is 15.9 Å². The zero-order valence-corrected chi connectivity index (χ0v) is 22.0. The van der Waals surface area contributed by atoms with Crippen LogP contribution >= 0.6 is 39.1 Å². The summed E-state index contributed by atoms with van der Waals surface area (Å²) < 4.78 is 7.88. The minimum absolute atomic E-state index is 0.237. The molecule has 1 aliphatic rings. The number of rotatable bonds is 4. The van der Waals surface area contributed by atoms with Gasteiger partial charge in [-0.3, -0.25) is 9.69 Å². The van der Waals surface area contributed by atoms with E-state index in [1.54, 1.807) is 19.1 Å². The van der Waals surface area contributed by atoms with E-state index in [1.807, 2.05) is 60.9 Å². The third kappa shape index (κ3) is 4.11. The summed E-state index contributed by atoms with van der Waals surface area (Å²) in [6.45, 7) is 5.61. The van der Waals surface area contributed by atoms with E-state index in [0.717, 1.165) is 27.1 Å². The van der Waals surface area contributed by atoms with Gasteiger partial charge in [-0.05, 0) is 74.9 Å². The SMILES string of the molecule is COC(=O)C1=C(C)N(c2ccc(Br)cc2)C(=O)/C1=C\c1cc(C)n(-c2cccc(Cl)c2Cl)c1C. The molecule has 0 N–H and O–H groups in total. The Morgan fingerprint density at radius 3 is 2.38 bits per heavy atom. The van der Waals surface area contributed by atoms with Gasteiger partial charge in [-0.1, -0.05) is 45.2 Å². The highest BCUT2D eigenvalue weighted by molar-refractivity contribution is 9.10. The van der Waals surface area contributed by atoms with E-state index in [9.17, 15) is 9.59 Å². The lowest BCUT2D eigenvalue weighted by molar-refractivity contribution is -0.136. The van der Waals surface area contributed by atoms with Crippen LogP contribution in [0.15, 0.2) is 69.8 Å². The number of hydrogen-bond acceptors (Lipinski definition) is 3. The average molecular weight is 560 g/mol. The predicted molar refractivity (Wildman–Crippen MR) is 140 cm³/mol. The molecule has 0 bridgehead atoms. The molecule has 1 amide bonds. The number of halogens is 3. The van der Waals surface area contributed by atoms with Crippen LogP contribution in [0.1, 0.15) is 23.9 Å². The topological polar surface area (TPSA) is 51.5 Å². The molecule has 0 saturated carbocycles. The van der Waals surface area contributed by atoms with Crippen molar-refractivity contribution in [1.82, 2.24) is 4.57 Å². The van der Waals surface area contributed by atoms with Crippen LogP contribution in [-0.2, 0) is 14.3 Å². The molecule has 34 heavy (non-hydrogen) atoms. The highest BCUT2D eigenvalue weighted by Gasteiger charge is 2.38. The Morgan fingerprint density at radius 2 is 1.74 bits per heavy atom. The van der Waals surface area contributed by atoms with Gasteiger partial charge in [0.25, 0.3) is 5.91 Å². The molecule has 1 aromatic heterocycles. The summed E-state index contributed by atoms with van der Waals surface area (Å²) in [5, 5.41) is 0.892. The maximum absolute atomic E-state index is 13.6. The third-order valence-electron chi connectivity index (χ3n) is 5.82. The van der Waals surface area contributed by atoms with E-state index in [4.69, 9.17) is 27.9 Å². The Hall–Kier alpha value is -2.80. The summed E-state index contributed by atoms with van der Waals surface area (Å²) in [5.41, 5.74) is 4.95. The molecule has 0 aliphatic carbocycles. The Morgan fingerprint density at radius 1 is 1.06 bits per heavy atom. The molecule has 2 heterocycles. The number of amides is 1. The first-order chi connectivity index (χ1) is 16.1. The van der Waals surface area contributed by atoms with Crippen LogP contribution in [0.5, 0.6) is 0 Å². The summed E-state index contributed by atoms with van der Waals surface area (Å²) in [5.74, 6) is -0.866. The second-order valence-electron chi connectivity index (χ2n) is 7.86. The highest BCUT2D eigenvalue weighted by atomic mass is 79.9. The van der Waals surface area contributed by atoms with Crippen molar-refractivity contribution in [1.29, 1.82) is 0 Å². The Kier molecular flexibility index (Phi) is 6.76. The van der Waals surface area contributed by atoms with Crippen molar-refractivity contribution in [2.24, 2.45) is 0 Å². The lowest BCUT2D eigenvalue weighted by Crippen LogP contribution is -2.24. The maximum Gasteiger partial charge on any atom is 0.340 e. The molecule has 0 fully saturated rings. The fourth-order valence-electron chi connectivity index (χ4n) is 4.21. The fraction of sp³-hybridized carbons (Fsp3) is 0.154. The van der Waals surface area contributed by atoms with E-state index in [0.29, 0.717) is 21.4 Å². The molecule has 1 aliphatic heterocycles. The minimum atomic E-state index is -0.566.